The maximum Gasteiger partial charge on any atom is 0.255 e. The number of hydrogen-bond acceptors (Lipinski definition) is 3. The molecule has 0 radical (unpaired) electrons. The molecule has 0 spiro atoms. The number of aromatic nitrogens is 2. The van der Waals surface area contributed by atoms with Crippen molar-refractivity contribution in [3.8, 4) is 0 Å². The van der Waals surface area contributed by atoms with Gasteiger partial charge in [-0.25, -0.2) is 0 Å². The van der Waals surface area contributed by atoms with Crippen LogP contribution >= 0.6 is 0 Å². The Kier molecular flexibility index (Phi) is 2.74. The normalized spacial score (nSPS) is 9.50. The summed E-state index contributed by atoms with van der Waals surface area (Å²) in [4.78, 5) is 13.1. The second kappa shape index (κ2) is 3.80. The van der Waals surface area contributed by atoms with Crippen molar-refractivity contribution in [3.05, 3.63) is 24.0 Å². The molecule has 4 nitrogen and oxygen atoms in total. The number of amides is 1. The highest BCUT2D eigenvalue weighted by Gasteiger charge is 2.08. The molecule has 0 saturated heterocycles. The summed E-state index contributed by atoms with van der Waals surface area (Å²) in [5.41, 5.74) is 0.578. The minimum Gasteiger partial charge on any atom is -0.342 e. The second-order valence-electron chi connectivity index (χ2n) is 2.45. The zero-order valence-electron chi connectivity index (χ0n) is 7.19. The lowest BCUT2D eigenvalue weighted by Crippen LogP contribution is -2.26. The minimum absolute atomic E-state index is 0.0209. The quantitative estimate of drug-likeness (QED) is 0.643. The van der Waals surface area contributed by atoms with Gasteiger partial charge >= 0.3 is 0 Å². The third-order valence-electron chi connectivity index (χ3n) is 1.65. The molecule has 0 aliphatic carbocycles. The van der Waals surface area contributed by atoms with E-state index in [2.05, 4.69) is 10.2 Å². The Hall–Kier alpha value is -1.45. The van der Waals surface area contributed by atoms with Crippen molar-refractivity contribution in [3.63, 3.8) is 0 Å². The smallest absolute Gasteiger partial charge is 0.255 e. The molecule has 1 amide bonds. The van der Waals surface area contributed by atoms with Crippen LogP contribution in [0.2, 0.25) is 0 Å². The predicted molar refractivity (Wildman–Crippen MR) is 44.7 cm³/mol. The highest BCUT2D eigenvalue weighted by molar-refractivity contribution is 5.93. The lowest BCUT2D eigenvalue weighted by Gasteiger charge is -2.13. The van der Waals surface area contributed by atoms with Crippen LogP contribution in [0.4, 0.5) is 0 Å². The molecule has 0 aliphatic rings. The molecule has 1 rings (SSSR count). The fourth-order valence-corrected chi connectivity index (χ4v) is 0.781. The van der Waals surface area contributed by atoms with E-state index in [1.54, 1.807) is 18.0 Å². The summed E-state index contributed by atoms with van der Waals surface area (Å²) in [5, 5.41) is 7.22. The van der Waals surface area contributed by atoms with Gasteiger partial charge in [0.05, 0.1) is 18.0 Å². The first-order valence-corrected chi connectivity index (χ1v) is 3.78. The fourth-order valence-electron chi connectivity index (χ4n) is 0.781. The molecule has 1 heterocycles. The van der Waals surface area contributed by atoms with Crippen molar-refractivity contribution < 1.29 is 4.79 Å². The van der Waals surface area contributed by atoms with Crippen LogP contribution in [0, 0.1) is 0 Å². The lowest BCUT2D eigenvalue weighted by molar-refractivity contribution is 0.0802. The maximum atomic E-state index is 11.4. The number of hydrogen-bond donors (Lipinski definition) is 0. The van der Waals surface area contributed by atoms with Gasteiger partial charge in [-0.05, 0) is 13.0 Å². The van der Waals surface area contributed by atoms with E-state index in [-0.39, 0.29) is 5.91 Å². The van der Waals surface area contributed by atoms with Crippen LogP contribution in [0.25, 0.3) is 0 Å². The largest absolute Gasteiger partial charge is 0.342 e. The number of nitrogens with zero attached hydrogens (tertiary/aromatic N) is 3. The Bertz CT molecular complexity index is 260. The summed E-state index contributed by atoms with van der Waals surface area (Å²) >= 11 is 0. The van der Waals surface area contributed by atoms with Crippen LogP contribution in [-0.4, -0.2) is 34.6 Å². The van der Waals surface area contributed by atoms with Crippen LogP contribution in [-0.2, 0) is 0 Å². The topological polar surface area (TPSA) is 46.1 Å². The fraction of sp³-hybridized carbons (Fsp3) is 0.375. The van der Waals surface area contributed by atoms with Crippen LogP contribution < -0.4 is 0 Å². The zero-order chi connectivity index (χ0) is 8.97. The molecular weight excluding hydrogens is 154 g/mol. The van der Waals surface area contributed by atoms with Crippen LogP contribution in [0.3, 0.4) is 0 Å². The van der Waals surface area contributed by atoms with Gasteiger partial charge in [-0.15, -0.1) is 0 Å². The molecule has 64 valence electrons. The lowest BCUT2D eigenvalue weighted by atomic mass is 10.3. The molecule has 1 aromatic heterocycles. The SMILES string of the molecule is CCN(C)C(=O)c1ccnnc1. The van der Waals surface area contributed by atoms with Crippen molar-refractivity contribution in [2.45, 2.75) is 6.92 Å². The monoisotopic (exact) mass is 165 g/mol. The van der Waals surface area contributed by atoms with Gasteiger partial charge in [0.15, 0.2) is 0 Å². The molecule has 12 heavy (non-hydrogen) atoms. The van der Waals surface area contributed by atoms with Gasteiger partial charge in [-0.1, -0.05) is 0 Å². The Morgan fingerprint density at radius 3 is 2.83 bits per heavy atom. The van der Waals surface area contributed by atoms with Crippen LogP contribution in [0.5, 0.6) is 0 Å². The second-order valence-corrected chi connectivity index (χ2v) is 2.45. The van der Waals surface area contributed by atoms with E-state index in [0.717, 1.165) is 0 Å². The van der Waals surface area contributed by atoms with Crippen molar-refractivity contribution in [1.82, 2.24) is 15.1 Å². The first-order valence-electron chi connectivity index (χ1n) is 3.78. The van der Waals surface area contributed by atoms with Gasteiger partial charge in [0, 0.05) is 13.6 Å². The van der Waals surface area contributed by atoms with Crippen LogP contribution in [0.15, 0.2) is 18.5 Å². The standard InChI is InChI=1S/C8H11N3O/c1-3-11(2)8(12)7-4-5-9-10-6-7/h4-6H,3H2,1-2H3. The Balaban J connectivity index is 2.79. The first kappa shape index (κ1) is 8.64. The molecule has 0 N–H and O–H groups in total. The van der Waals surface area contributed by atoms with Crippen LogP contribution in [0.1, 0.15) is 17.3 Å². The van der Waals surface area contributed by atoms with Crippen molar-refractivity contribution in [1.29, 1.82) is 0 Å². The molecule has 0 aliphatic heterocycles. The average molecular weight is 165 g/mol. The molecule has 0 unspecified atom stereocenters. The minimum atomic E-state index is -0.0209. The van der Waals surface area contributed by atoms with Gasteiger partial charge < -0.3 is 4.90 Å². The van der Waals surface area contributed by atoms with Gasteiger partial charge in [0.2, 0.25) is 0 Å². The van der Waals surface area contributed by atoms with Gasteiger partial charge in [-0.3, -0.25) is 4.79 Å². The van der Waals surface area contributed by atoms with Crippen molar-refractivity contribution in [2.75, 3.05) is 13.6 Å². The van der Waals surface area contributed by atoms with E-state index in [1.165, 1.54) is 12.4 Å². The number of carbonyl (C=O) groups excluding carboxylic acids is 1. The first-order chi connectivity index (χ1) is 5.75. The molecule has 4 heteroatoms. The van der Waals surface area contributed by atoms with Gasteiger partial charge in [0.25, 0.3) is 5.91 Å². The highest BCUT2D eigenvalue weighted by atomic mass is 16.2. The molecule has 0 bridgehead atoms. The summed E-state index contributed by atoms with van der Waals surface area (Å²) < 4.78 is 0. The molecule has 0 saturated carbocycles. The third-order valence-corrected chi connectivity index (χ3v) is 1.65. The maximum absolute atomic E-state index is 11.4. The summed E-state index contributed by atoms with van der Waals surface area (Å²) in [7, 11) is 1.75. The predicted octanol–water partition coefficient (Wildman–Crippen LogP) is 0.568. The van der Waals surface area contributed by atoms with E-state index in [4.69, 9.17) is 0 Å². The van der Waals surface area contributed by atoms with E-state index in [0.29, 0.717) is 12.1 Å². The van der Waals surface area contributed by atoms with E-state index >= 15 is 0 Å². The van der Waals surface area contributed by atoms with Gasteiger partial charge in [-0.2, -0.15) is 10.2 Å². The van der Waals surface area contributed by atoms with E-state index in [1.807, 2.05) is 6.92 Å². The number of carbonyl (C=O) groups is 1. The highest BCUT2D eigenvalue weighted by Crippen LogP contribution is 1.98. The summed E-state index contributed by atoms with van der Waals surface area (Å²) in [6.45, 7) is 2.62. The van der Waals surface area contributed by atoms with E-state index < -0.39 is 0 Å². The molecule has 0 atom stereocenters. The summed E-state index contributed by atoms with van der Waals surface area (Å²) in [6.07, 6.45) is 2.98. The van der Waals surface area contributed by atoms with Crippen molar-refractivity contribution >= 4 is 5.91 Å². The Morgan fingerprint density at radius 2 is 2.33 bits per heavy atom. The average Bonchev–Trinajstić information content (AvgIpc) is 2.17. The molecule has 1 aromatic rings. The zero-order valence-corrected chi connectivity index (χ0v) is 7.19. The molecule has 0 fully saturated rings. The Morgan fingerprint density at radius 1 is 1.58 bits per heavy atom. The van der Waals surface area contributed by atoms with Crippen molar-refractivity contribution in [2.24, 2.45) is 0 Å². The van der Waals surface area contributed by atoms with E-state index in [9.17, 15) is 4.79 Å². The number of rotatable bonds is 2. The van der Waals surface area contributed by atoms with Gasteiger partial charge in [0.1, 0.15) is 0 Å². The Labute approximate surface area is 71.2 Å². The molecule has 0 aromatic carbocycles. The summed E-state index contributed by atoms with van der Waals surface area (Å²) in [5.74, 6) is -0.0209. The third kappa shape index (κ3) is 1.78. The molecular formula is C8H11N3O. The summed E-state index contributed by atoms with van der Waals surface area (Å²) in [6, 6.07) is 1.65.